The number of nitrogens with zero attached hydrogens (tertiary/aromatic N) is 1. The molecular formula is C5H9FN2O2. The molecule has 10 heavy (non-hydrogen) atoms. The smallest absolute Gasteiger partial charge is 0.265 e. The van der Waals surface area contributed by atoms with Crippen molar-refractivity contribution in [2.24, 2.45) is 5.73 Å². The first-order valence-corrected chi connectivity index (χ1v) is 3.01. The molecule has 0 unspecified atom stereocenters. The van der Waals surface area contributed by atoms with E-state index in [0.717, 1.165) is 5.06 Å². The Morgan fingerprint density at radius 3 is 3.00 bits per heavy atom. The highest BCUT2D eigenvalue weighted by molar-refractivity contribution is 5.82. The molecule has 1 rings (SSSR count). The minimum absolute atomic E-state index is 0.0213. The van der Waals surface area contributed by atoms with Gasteiger partial charge in [0.2, 0.25) is 0 Å². The van der Waals surface area contributed by atoms with E-state index in [1.165, 1.54) is 0 Å². The van der Waals surface area contributed by atoms with Crippen LogP contribution in [0.15, 0.2) is 0 Å². The number of nitrogens with two attached hydrogens (primary N) is 1. The molecule has 0 spiro atoms. The first-order chi connectivity index (χ1) is 4.75. The average Bonchev–Trinajstić information content (AvgIpc) is 2.20. The topological polar surface area (TPSA) is 55.6 Å². The Morgan fingerprint density at radius 1 is 1.90 bits per heavy atom. The number of rotatable bonds is 2. The molecule has 1 aliphatic rings. The molecule has 5 heteroatoms. The highest BCUT2D eigenvalue weighted by Gasteiger charge is 2.29. The molecule has 2 N–H and O–H groups in total. The van der Waals surface area contributed by atoms with Crippen LogP contribution < -0.4 is 5.73 Å². The van der Waals surface area contributed by atoms with Crippen molar-refractivity contribution >= 4 is 5.91 Å². The summed E-state index contributed by atoms with van der Waals surface area (Å²) in [5.41, 5.74) is 5.26. The summed E-state index contributed by atoms with van der Waals surface area (Å²) in [7, 11) is 0. The van der Waals surface area contributed by atoms with Gasteiger partial charge in [-0.2, -0.15) is 0 Å². The third-order valence-corrected chi connectivity index (χ3v) is 1.26. The maximum absolute atomic E-state index is 11.6. The number of amides is 1. The predicted octanol–water partition coefficient (Wildman–Crippen LogP) is -0.943. The molecule has 1 fully saturated rings. The van der Waals surface area contributed by atoms with Crippen LogP contribution in [-0.4, -0.2) is 36.8 Å². The minimum atomic E-state index is -0.605. The summed E-state index contributed by atoms with van der Waals surface area (Å²) in [6, 6.07) is -0.605. The number of hydrogen-bond acceptors (Lipinski definition) is 3. The van der Waals surface area contributed by atoms with E-state index in [4.69, 9.17) is 10.6 Å². The molecule has 0 bridgehead atoms. The van der Waals surface area contributed by atoms with Gasteiger partial charge in [0, 0.05) is 0 Å². The van der Waals surface area contributed by atoms with Gasteiger partial charge in [-0.15, -0.1) is 0 Å². The molecular weight excluding hydrogens is 139 g/mol. The van der Waals surface area contributed by atoms with E-state index in [1.807, 2.05) is 0 Å². The molecule has 0 aromatic heterocycles. The second kappa shape index (κ2) is 2.94. The zero-order valence-corrected chi connectivity index (χ0v) is 5.42. The number of hydrogen-bond donors (Lipinski definition) is 1. The van der Waals surface area contributed by atoms with Crippen LogP contribution in [-0.2, 0) is 9.63 Å². The van der Waals surface area contributed by atoms with Crippen LogP contribution in [0.3, 0.4) is 0 Å². The van der Waals surface area contributed by atoms with E-state index in [1.54, 1.807) is 0 Å². The number of alkyl halides is 1. The summed E-state index contributed by atoms with van der Waals surface area (Å²) >= 11 is 0. The quantitative estimate of drug-likeness (QED) is 0.549. The summed E-state index contributed by atoms with van der Waals surface area (Å²) in [4.78, 5) is 15.5. The molecule has 0 aliphatic carbocycles. The average molecular weight is 148 g/mol. The van der Waals surface area contributed by atoms with Crippen molar-refractivity contribution in [1.82, 2.24) is 5.06 Å². The lowest BCUT2D eigenvalue weighted by molar-refractivity contribution is -0.162. The Morgan fingerprint density at radius 2 is 2.60 bits per heavy atom. The lowest BCUT2D eigenvalue weighted by Gasteiger charge is -2.10. The zero-order valence-electron chi connectivity index (χ0n) is 5.42. The van der Waals surface area contributed by atoms with Gasteiger partial charge in [0.15, 0.2) is 0 Å². The number of halogens is 1. The van der Waals surface area contributed by atoms with Crippen molar-refractivity contribution in [2.45, 2.75) is 6.04 Å². The van der Waals surface area contributed by atoms with E-state index in [-0.39, 0.29) is 19.1 Å². The van der Waals surface area contributed by atoms with Crippen LogP contribution in [0, 0.1) is 0 Å². The normalized spacial score (nSPS) is 26.0. The van der Waals surface area contributed by atoms with Crippen molar-refractivity contribution in [3.8, 4) is 0 Å². The van der Waals surface area contributed by atoms with Gasteiger partial charge < -0.3 is 5.73 Å². The van der Waals surface area contributed by atoms with Gasteiger partial charge in [-0.05, 0) is 0 Å². The van der Waals surface area contributed by atoms with Crippen molar-refractivity contribution in [3.63, 3.8) is 0 Å². The largest absolute Gasteiger partial charge is 0.318 e. The van der Waals surface area contributed by atoms with Crippen LogP contribution in [0.5, 0.6) is 0 Å². The summed E-state index contributed by atoms with van der Waals surface area (Å²) in [5, 5.41) is 0.963. The maximum Gasteiger partial charge on any atom is 0.265 e. The lowest BCUT2D eigenvalue weighted by atomic mass is 10.3. The van der Waals surface area contributed by atoms with Crippen molar-refractivity contribution < 1.29 is 14.0 Å². The summed E-state index contributed by atoms with van der Waals surface area (Å²) in [5.74, 6) is -0.336. The van der Waals surface area contributed by atoms with Gasteiger partial charge in [-0.25, -0.2) is 9.45 Å². The van der Waals surface area contributed by atoms with Gasteiger partial charge in [-0.3, -0.25) is 9.63 Å². The fourth-order valence-electron chi connectivity index (χ4n) is 0.742. The first kappa shape index (κ1) is 7.43. The molecule has 58 valence electrons. The van der Waals surface area contributed by atoms with Crippen molar-refractivity contribution in [3.05, 3.63) is 0 Å². The first-order valence-electron chi connectivity index (χ1n) is 3.01. The van der Waals surface area contributed by atoms with Gasteiger partial charge >= 0.3 is 0 Å². The Hall–Kier alpha value is -0.680. The van der Waals surface area contributed by atoms with E-state index >= 15 is 0 Å². The number of carbonyl (C=O) groups excluding carboxylic acids is 1. The molecule has 1 amide bonds. The fourth-order valence-corrected chi connectivity index (χ4v) is 0.742. The molecule has 1 heterocycles. The van der Waals surface area contributed by atoms with E-state index < -0.39 is 12.7 Å². The SMILES string of the molecule is N[C@@H]1CON(CCF)C1=O. The van der Waals surface area contributed by atoms with Gasteiger partial charge in [0.25, 0.3) is 5.91 Å². The third-order valence-electron chi connectivity index (χ3n) is 1.26. The zero-order chi connectivity index (χ0) is 7.56. The summed E-state index contributed by atoms with van der Waals surface area (Å²) in [6.07, 6.45) is 0. The van der Waals surface area contributed by atoms with Crippen LogP contribution in [0.1, 0.15) is 0 Å². The monoisotopic (exact) mass is 148 g/mol. The highest BCUT2D eigenvalue weighted by Crippen LogP contribution is 2.04. The summed E-state index contributed by atoms with van der Waals surface area (Å²) < 4.78 is 11.6. The van der Waals surface area contributed by atoms with Crippen LogP contribution in [0.2, 0.25) is 0 Å². The molecule has 1 atom stereocenters. The Kier molecular flexibility index (Phi) is 2.18. The lowest BCUT2D eigenvalue weighted by Crippen LogP contribution is -2.35. The van der Waals surface area contributed by atoms with E-state index in [2.05, 4.69) is 0 Å². The van der Waals surface area contributed by atoms with Crippen molar-refractivity contribution in [2.75, 3.05) is 19.8 Å². The second-order valence-corrected chi connectivity index (χ2v) is 2.03. The molecule has 0 saturated carbocycles. The molecule has 0 aromatic rings. The molecule has 4 nitrogen and oxygen atoms in total. The molecule has 0 radical (unpaired) electrons. The van der Waals surface area contributed by atoms with E-state index in [0.29, 0.717) is 0 Å². The predicted molar refractivity (Wildman–Crippen MR) is 31.6 cm³/mol. The van der Waals surface area contributed by atoms with Crippen molar-refractivity contribution in [1.29, 1.82) is 0 Å². The number of carbonyl (C=O) groups is 1. The molecule has 1 saturated heterocycles. The standard InChI is InChI=1S/C5H9FN2O2/c6-1-2-8-5(9)4(7)3-10-8/h4H,1-3,7H2/t4-/m1/s1. The van der Waals surface area contributed by atoms with Gasteiger partial charge in [0.05, 0.1) is 13.2 Å². The Bertz CT molecular complexity index is 140. The minimum Gasteiger partial charge on any atom is -0.318 e. The maximum atomic E-state index is 11.6. The fraction of sp³-hybridized carbons (Fsp3) is 0.800. The Labute approximate surface area is 57.7 Å². The second-order valence-electron chi connectivity index (χ2n) is 2.03. The van der Waals surface area contributed by atoms with Crippen LogP contribution in [0.4, 0.5) is 4.39 Å². The highest BCUT2D eigenvalue weighted by atomic mass is 19.1. The third kappa shape index (κ3) is 1.25. The van der Waals surface area contributed by atoms with E-state index in [9.17, 15) is 9.18 Å². The molecule has 1 aliphatic heterocycles. The summed E-state index contributed by atoms with van der Waals surface area (Å²) in [6.45, 7) is -0.455. The van der Waals surface area contributed by atoms with Crippen LogP contribution >= 0.6 is 0 Å². The Balaban J connectivity index is 2.41. The van der Waals surface area contributed by atoms with Gasteiger partial charge in [-0.1, -0.05) is 0 Å². The number of hydroxylamine groups is 2. The van der Waals surface area contributed by atoms with Gasteiger partial charge in [0.1, 0.15) is 12.7 Å². The molecule has 0 aromatic carbocycles. The van der Waals surface area contributed by atoms with Crippen LogP contribution in [0.25, 0.3) is 0 Å².